The number of rotatable bonds is 1. The van der Waals surface area contributed by atoms with Gasteiger partial charge in [-0.1, -0.05) is 25.1 Å². The number of benzene rings is 1. The van der Waals surface area contributed by atoms with E-state index in [-0.39, 0.29) is 5.41 Å². The summed E-state index contributed by atoms with van der Waals surface area (Å²) in [5.41, 5.74) is 7.02. The van der Waals surface area contributed by atoms with Gasteiger partial charge in [0, 0.05) is 30.9 Å². The van der Waals surface area contributed by atoms with E-state index in [0.29, 0.717) is 31.2 Å². The number of guanidine groups is 1. The first-order chi connectivity index (χ1) is 13.9. The molecule has 2 spiro atoms. The molecule has 0 bridgehead atoms. The molecule has 7 nitrogen and oxygen atoms in total. The molecule has 1 aromatic rings. The summed E-state index contributed by atoms with van der Waals surface area (Å²) in [6.07, 6.45) is 6.38. The van der Waals surface area contributed by atoms with Crippen LogP contribution in [0.1, 0.15) is 37.3 Å². The number of hydrogen-bond acceptors (Lipinski definition) is 7. The number of aliphatic imine (C=N–C) groups is 1. The van der Waals surface area contributed by atoms with E-state index in [4.69, 9.17) is 25.0 Å². The molecule has 2 N–H and O–H groups in total. The molecule has 0 radical (unpaired) electrons. The van der Waals surface area contributed by atoms with Crippen LogP contribution in [0, 0.1) is 11.3 Å². The molecule has 3 aliphatic heterocycles. The maximum Gasteiger partial charge on any atom is 0.221 e. The van der Waals surface area contributed by atoms with Gasteiger partial charge in [-0.2, -0.15) is 5.26 Å². The maximum absolute atomic E-state index is 9.31. The Hall–Kier alpha value is -2.82. The molecule has 2 saturated heterocycles. The molecule has 29 heavy (non-hydrogen) atoms. The summed E-state index contributed by atoms with van der Waals surface area (Å²) in [4.78, 5) is 11.0. The van der Waals surface area contributed by atoms with Crippen molar-refractivity contribution in [2.24, 2.45) is 10.7 Å². The monoisotopic (exact) mass is 392 g/mol. The summed E-state index contributed by atoms with van der Waals surface area (Å²) >= 11 is 0. The molecule has 150 valence electrons. The van der Waals surface area contributed by atoms with Gasteiger partial charge in [-0.25, -0.2) is 14.9 Å². The van der Waals surface area contributed by atoms with Crippen LogP contribution in [0.25, 0.3) is 0 Å². The molecule has 7 heteroatoms. The molecule has 3 atom stereocenters. The van der Waals surface area contributed by atoms with Crippen molar-refractivity contribution in [1.29, 1.82) is 5.26 Å². The van der Waals surface area contributed by atoms with Gasteiger partial charge in [-0.3, -0.25) is 0 Å². The number of ether oxygens (including phenoxy) is 2. The quantitative estimate of drug-likeness (QED) is 0.789. The average molecular weight is 392 g/mol. The van der Waals surface area contributed by atoms with Crippen LogP contribution in [-0.4, -0.2) is 42.6 Å². The Kier molecular flexibility index (Phi) is 3.83. The minimum Gasteiger partial charge on any atom is -0.484 e. The normalized spacial score (nSPS) is 35.6. The minimum atomic E-state index is -0.925. The number of hydroxylamine groups is 2. The van der Waals surface area contributed by atoms with Gasteiger partial charge >= 0.3 is 0 Å². The van der Waals surface area contributed by atoms with E-state index < -0.39 is 11.3 Å². The lowest BCUT2D eigenvalue weighted by atomic mass is 9.71. The Morgan fingerprint density at radius 3 is 2.90 bits per heavy atom. The molecule has 3 heterocycles. The Bertz CT molecular complexity index is 1000. The SMILES string of the molecule is CN1OC2(CC3(CCOC3)OC3=CCC(C)(c4cccc(C#N)c4)C=C32)N=C1N. The van der Waals surface area contributed by atoms with E-state index in [1.165, 1.54) is 5.06 Å². The zero-order valence-corrected chi connectivity index (χ0v) is 16.6. The van der Waals surface area contributed by atoms with Crippen molar-refractivity contribution in [3.63, 3.8) is 0 Å². The van der Waals surface area contributed by atoms with Crippen molar-refractivity contribution in [3.05, 3.63) is 58.9 Å². The Balaban J connectivity index is 1.62. The van der Waals surface area contributed by atoms with E-state index in [0.717, 1.165) is 29.7 Å². The van der Waals surface area contributed by atoms with Crippen molar-refractivity contribution in [2.45, 2.75) is 42.9 Å². The average Bonchev–Trinajstić information content (AvgIpc) is 3.27. The first-order valence-electron chi connectivity index (χ1n) is 9.87. The standard InChI is InChI=1S/C22H24N4O3/c1-20(16-5-3-4-15(10-16)12-23)7-6-18-17(11-20)22(25-19(24)26(2)29-22)13-21(28-18)8-9-27-14-21/h3-6,10-11H,7-9,13-14H2,1-2H3,(H2,24,25). The van der Waals surface area contributed by atoms with Gasteiger partial charge in [-0.05, 0) is 30.2 Å². The smallest absolute Gasteiger partial charge is 0.221 e. The van der Waals surface area contributed by atoms with E-state index >= 15 is 0 Å². The molecule has 3 unspecified atom stereocenters. The molecule has 5 rings (SSSR count). The Morgan fingerprint density at radius 2 is 2.21 bits per heavy atom. The third-order valence-corrected chi connectivity index (χ3v) is 6.37. The van der Waals surface area contributed by atoms with Crippen molar-refractivity contribution < 1.29 is 14.3 Å². The van der Waals surface area contributed by atoms with E-state index in [1.807, 2.05) is 18.2 Å². The van der Waals surface area contributed by atoms with E-state index in [2.05, 4.69) is 31.2 Å². The highest BCUT2D eigenvalue weighted by Gasteiger charge is 2.58. The molecule has 4 aliphatic rings. The van der Waals surface area contributed by atoms with Crippen LogP contribution in [0.2, 0.25) is 0 Å². The highest BCUT2D eigenvalue weighted by Crippen LogP contribution is 2.53. The number of fused-ring (bicyclic) bond motifs is 2. The van der Waals surface area contributed by atoms with Crippen LogP contribution in [0.4, 0.5) is 0 Å². The van der Waals surface area contributed by atoms with Crippen LogP contribution in [0.3, 0.4) is 0 Å². The molecular weight excluding hydrogens is 368 g/mol. The van der Waals surface area contributed by atoms with Crippen molar-refractivity contribution >= 4 is 5.96 Å². The molecule has 2 fully saturated rings. The van der Waals surface area contributed by atoms with Crippen LogP contribution < -0.4 is 5.73 Å². The molecular formula is C22H24N4O3. The lowest BCUT2D eigenvalue weighted by Gasteiger charge is -2.46. The highest BCUT2D eigenvalue weighted by atomic mass is 16.7. The third kappa shape index (κ3) is 2.75. The second-order valence-corrected chi connectivity index (χ2v) is 8.55. The third-order valence-electron chi connectivity index (χ3n) is 6.37. The summed E-state index contributed by atoms with van der Waals surface area (Å²) in [6, 6.07) is 9.97. The number of nitriles is 1. The van der Waals surface area contributed by atoms with Gasteiger partial charge in [0.1, 0.15) is 11.4 Å². The fraction of sp³-hybridized carbons (Fsp3) is 0.455. The van der Waals surface area contributed by atoms with Gasteiger partial charge in [0.25, 0.3) is 0 Å². The van der Waals surface area contributed by atoms with Gasteiger partial charge in [0.2, 0.25) is 11.7 Å². The largest absolute Gasteiger partial charge is 0.484 e. The summed E-state index contributed by atoms with van der Waals surface area (Å²) in [6.45, 7) is 3.34. The van der Waals surface area contributed by atoms with E-state index in [9.17, 15) is 5.26 Å². The van der Waals surface area contributed by atoms with Crippen LogP contribution in [0.5, 0.6) is 0 Å². The second-order valence-electron chi connectivity index (χ2n) is 8.55. The topological polar surface area (TPSA) is 93.1 Å². The van der Waals surface area contributed by atoms with Crippen molar-refractivity contribution in [2.75, 3.05) is 20.3 Å². The lowest BCUT2D eigenvalue weighted by molar-refractivity contribution is -0.192. The molecule has 0 aromatic heterocycles. The van der Waals surface area contributed by atoms with Gasteiger partial charge in [0.05, 0.1) is 24.8 Å². The first kappa shape index (κ1) is 18.2. The van der Waals surface area contributed by atoms with Crippen molar-refractivity contribution in [1.82, 2.24) is 5.06 Å². The number of nitrogens with two attached hydrogens (primary N) is 1. The lowest BCUT2D eigenvalue weighted by Crippen LogP contribution is -2.51. The molecule has 1 aromatic carbocycles. The predicted octanol–water partition coefficient (Wildman–Crippen LogP) is 2.50. The van der Waals surface area contributed by atoms with Crippen LogP contribution in [-0.2, 0) is 19.7 Å². The minimum absolute atomic E-state index is 0.312. The van der Waals surface area contributed by atoms with Crippen LogP contribution >= 0.6 is 0 Å². The molecule has 1 aliphatic carbocycles. The van der Waals surface area contributed by atoms with Gasteiger partial charge in [0.15, 0.2) is 0 Å². The predicted molar refractivity (Wildman–Crippen MR) is 106 cm³/mol. The fourth-order valence-corrected chi connectivity index (χ4v) is 4.75. The molecule has 0 amide bonds. The summed E-state index contributed by atoms with van der Waals surface area (Å²) in [5.74, 6) is 1.14. The van der Waals surface area contributed by atoms with E-state index in [1.54, 1.807) is 7.05 Å². The Morgan fingerprint density at radius 1 is 1.34 bits per heavy atom. The molecule has 0 saturated carbocycles. The highest BCUT2D eigenvalue weighted by molar-refractivity contribution is 5.79. The van der Waals surface area contributed by atoms with Crippen molar-refractivity contribution in [3.8, 4) is 6.07 Å². The van der Waals surface area contributed by atoms with Gasteiger partial charge < -0.3 is 15.2 Å². The fourth-order valence-electron chi connectivity index (χ4n) is 4.75. The number of nitrogens with zero attached hydrogens (tertiary/aromatic N) is 3. The van der Waals surface area contributed by atoms with Gasteiger partial charge in [-0.15, -0.1) is 0 Å². The number of allylic oxidation sites excluding steroid dienone is 2. The van der Waals surface area contributed by atoms with Crippen LogP contribution in [0.15, 0.2) is 52.7 Å². The maximum atomic E-state index is 9.31. The number of hydrogen-bond donors (Lipinski definition) is 1. The summed E-state index contributed by atoms with van der Waals surface area (Å²) in [5, 5.41) is 10.8. The summed E-state index contributed by atoms with van der Waals surface area (Å²) < 4.78 is 12.1. The summed E-state index contributed by atoms with van der Waals surface area (Å²) in [7, 11) is 1.77. The Labute approximate surface area is 170 Å². The first-order valence-corrected chi connectivity index (χ1v) is 9.87. The second kappa shape index (κ2) is 6.09. The zero-order chi connectivity index (χ0) is 20.3. The zero-order valence-electron chi connectivity index (χ0n) is 16.6.